The van der Waals surface area contributed by atoms with E-state index in [4.69, 9.17) is 10.8 Å². The molecule has 126 valence electrons. The molecule has 2 fully saturated rings. The van der Waals surface area contributed by atoms with Gasteiger partial charge in [0.2, 0.25) is 5.95 Å². The van der Waals surface area contributed by atoms with E-state index in [-0.39, 0.29) is 5.95 Å². The second kappa shape index (κ2) is 6.89. The Morgan fingerprint density at radius 2 is 2.00 bits per heavy atom. The third-order valence-corrected chi connectivity index (χ3v) is 4.60. The van der Waals surface area contributed by atoms with Crippen molar-refractivity contribution in [3.05, 3.63) is 6.07 Å². The largest absolute Gasteiger partial charge is 0.465 e. The Morgan fingerprint density at radius 3 is 2.70 bits per heavy atom. The van der Waals surface area contributed by atoms with Gasteiger partial charge in [0.15, 0.2) is 0 Å². The van der Waals surface area contributed by atoms with Crippen LogP contribution >= 0.6 is 0 Å². The molecule has 0 bridgehead atoms. The van der Waals surface area contributed by atoms with Crippen LogP contribution in [0.1, 0.15) is 25.7 Å². The molecule has 0 unspecified atom stereocenters. The van der Waals surface area contributed by atoms with E-state index in [1.54, 1.807) is 0 Å². The van der Waals surface area contributed by atoms with Crippen LogP contribution in [0.5, 0.6) is 0 Å². The summed E-state index contributed by atoms with van der Waals surface area (Å²) in [5.41, 5.74) is 5.81. The lowest BCUT2D eigenvalue weighted by Crippen LogP contribution is -2.51. The Balaban J connectivity index is 1.52. The quantitative estimate of drug-likeness (QED) is 0.625. The molecule has 1 aromatic rings. The minimum absolute atomic E-state index is 0.267. The lowest BCUT2D eigenvalue weighted by atomic mass is 10.0. The number of hydrogen-bond acceptors (Lipinski definition) is 6. The van der Waals surface area contributed by atoms with Crippen molar-refractivity contribution in [2.24, 2.45) is 11.8 Å². The minimum Gasteiger partial charge on any atom is -0.465 e. The molecular weight excluding hydrogens is 296 g/mol. The maximum atomic E-state index is 10.5. The fraction of sp³-hybridized carbons (Fsp3) is 0.667. The first-order valence-corrected chi connectivity index (χ1v) is 8.20. The summed E-state index contributed by atoms with van der Waals surface area (Å²) in [4.78, 5) is 21.1. The SMILES string of the molecule is Nc1nc(NCC2CCCC2)cc(N2CC(CNC(=O)O)C2)n1. The summed E-state index contributed by atoms with van der Waals surface area (Å²) in [7, 11) is 0. The van der Waals surface area contributed by atoms with Gasteiger partial charge in [0.1, 0.15) is 11.6 Å². The molecule has 1 aromatic heterocycles. The van der Waals surface area contributed by atoms with Gasteiger partial charge in [0.25, 0.3) is 0 Å². The fourth-order valence-electron chi connectivity index (χ4n) is 3.29. The standard InChI is InChI=1S/C15H24N6O2/c16-14-19-12(17-6-10-3-1-2-4-10)5-13(20-14)21-8-11(9-21)7-18-15(22)23/h5,10-11,18H,1-4,6-9H2,(H,22,23)(H3,16,17,19,20). The Labute approximate surface area is 135 Å². The van der Waals surface area contributed by atoms with Crippen LogP contribution in [-0.4, -0.2) is 47.3 Å². The number of carboxylic acid groups (broad SMARTS) is 1. The zero-order valence-electron chi connectivity index (χ0n) is 13.2. The van der Waals surface area contributed by atoms with Crippen LogP contribution < -0.4 is 21.3 Å². The number of aromatic nitrogens is 2. The molecule has 1 aliphatic heterocycles. The van der Waals surface area contributed by atoms with Gasteiger partial charge in [-0.15, -0.1) is 0 Å². The molecule has 0 atom stereocenters. The van der Waals surface area contributed by atoms with Crippen molar-refractivity contribution in [3.63, 3.8) is 0 Å². The number of nitrogens with two attached hydrogens (primary N) is 1. The molecule has 3 rings (SSSR count). The molecule has 0 aromatic carbocycles. The molecule has 1 amide bonds. The summed E-state index contributed by atoms with van der Waals surface area (Å²) in [6.45, 7) is 2.96. The Morgan fingerprint density at radius 1 is 1.26 bits per heavy atom. The monoisotopic (exact) mass is 320 g/mol. The van der Waals surface area contributed by atoms with Gasteiger partial charge < -0.3 is 26.4 Å². The summed E-state index contributed by atoms with van der Waals surface area (Å²) in [6, 6.07) is 1.92. The number of amides is 1. The highest BCUT2D eigenvalue weighted by atomic mass is 16.4. The molecule has 0 spiro atoms. The van der Waals surface area contributed by atoms with Crippen LogP contribution in [0, 0.1) is 11.8 Å². The van der Waals surface area contributed by atoms with Crippen molar-refractivity contribution in [3.8, 4) is 0 Å². The summed E-state index contributed by atoms with van der Waals surface area (Å²) >= 11 is 0. The van der Waals surface area contributed by atoms with E-state index in [1.165, 1.54) is 25.7 Å². The average Bonchev–Trinajstić information content (AvgIpc) is 2.96. The molecule has 23 heavy (non-hydrogen) atoms. The molecule has 8 heteroatoms. The summed E-state index contributed by atoms with van der Waals surface area (Å²) in [5.74, 6) is 2.88. The van der Waals surface area contributed by atoms with E-state index in [0.717, 1.165) is 37.2 Å². The number of nitrogens with zero attached hydrogens (tertiary/aromatic N) is 3. The van der Waals surface area contributed by atoms with E-state index in [1.807, 2.05) is 6.07 Å². The first-order valence-electron chi connectivity index (χ1n) is 8.20. The van der Waals surface area contributed by atoms with Crippen LogP contribution in [0.15, 0.2) is 6.07 Å². The van der Waals surface area contributed by atoms with Crippen molar-refractivity contribution in [2.45, 2.75) is 25.7 Å². The Hall–Kier alpha value is -2.25. The smallest absolute Gasteiger partial charge is 0.404 e. The molecular formula is C15H24N6O2. The minimum atomic E-state index is -0.979. The zero-order valence-corrected chi connectivity index (χ0v) is 13.2. The van der Waals surface area contributed by atoms with E-state index < -0.39 is 6.09 Å². The van der Waals surface area contributed by atoms with Crippen LogP contribution in [-0.2, 0) is 0 Å². The van der Waals surface area contributed by atoms with Crippen LogP contribution in [0.4, 0.5) is 22.4 Å². The molecule has 1 saturated carbocycles. The number of nitrogen functional groups attached to an aromatic ring is 1. The number of rotatable bonds is 6. The predicted octanol–water partition coefficient (Wildman–Crippen LogP) is 1.36. The van der Waals surface area contributed by atoms with Gasteiger partial charge in [-0.2, -0.15) is 9.97 Å². The first-order chi connectivity index (χ1) is 11.1. The Bertz CT molecular complexity index is 555. The molecule has 0 radical (unpaired) electrons. The van der Waals surface area contributed by atoms with Gasteiger partial charge in [-0.1, -0.05) is 12.8 Å². The third-order valence-electron chi connectivity index (χ3n) is 4.60. The number of anilines is 3. The van der Waals surface area contributed by atoms with Crippen molar-refractivity contribution in [1.82, 2.24) is 15.3 Å². The van der Waals surface area contributed by atoms with Gasteiger partial charge in [-0.3, -0.25) is 0 Å². The highest BCUT2D eigenvalue weighted by Gasteiger charge is 2.28. The van der Waals surface area contributed by atoms with Gasteiger partial charge in [-0.25, -0.2) is 4.79 Å². The molecule has 2 aliphatic rings. The van der Waals surface area contributed by atoms with Crippen molar-refractivity contribution in [2.75, 3.05) is 42.1 Å². The zero-order chi connectivity index (χ0) is 16.2. The maximum Gasteiger partial charge on any atom is 0.404 e. The van der Waals surface area contributed by atoms with Gasteiger partial charge in [0, 0.05) is 38.2 Å². The second-order valence-electron chi connectivity index (χ2n) is 6.46. The van der Waals surface area contributed by atoms with Crippen molar-refractivity contribution >= 4 is 23.7 Å². The van der Waals surface area contributed by atoms with E-state index in [9.17, 15) is 4.79 Å². The molecule has 2 heterocycles. The third kappa shape index (κ3) is 4.14. The normalized spacial score (nSPS) is 18.7. The van der Waals surface area contributed by atoms with Crippen LogP contribution in [0.2, 0.25) is 0 Å². The molecule has 1 aliphatic carbocycles. The van der Waals surface area contributed by atoms with Crippen LogP contribution in [0.3, 0.4) is 0 Å². The highest BCUT2D eigenvalue weighted by molar-refractivity contribution is 5.64. The van der Waals surface area contributed by atoms with E-state index in [0.29, 0.717) is 12.5 Å². The maximum absolute atomic E-state index is 10.5. The van der Waals surface area contributed by atoms with E-state index in [2.05, 4.69) is 25.5 Å². The second-order valence-corrected chi connectivity index (χ2v) is 6.46. The van der Waals surface area contributed by atoms with Crippen LogP contribution in [0.25, 0.3) is 0 Å². The lowest BCUT2D eigenvalue weighted by Gasteiger charge is -2.40. The van der Waals surface area contributed by atoms with Crippen molar-refractivity contribution < 1.29 is 9.90 Å². The van der Waals surface area contributed by atoms with E-state index >= 15 is 0 Å². The van der Waals surface area contributed by atoms with Gasteiger partial charge >= 0.3 is 6.09 Å². The van der Waals surface area contributed by atoms with Crippen molar-refractivity contribution in [1.29, 1.82) is 0 Å². The summed E-state index contributed by atoms with van der Waals surface area (Å²) in [5, 5.41) is 14.4. The highest BCUT2D eigenvalue weighted by Crippen LogP contribution is 2.27. The van der Waals surface area contributed by atoms with Gasteiger partial charge in [-0.05, 0) is 18.8 Å². The lowest BCUT2D eigenvalue weighted by molar-refractivity contribution is 0.191. The first kappa shape index (κ1) is 15.6. The summed E-state index contributed by atoms with van der Waals surface area (Å²) in [6.07, 6.45) is 4.23. The van der Waals surface area contributed by atoms with Gasteiger partial charge in [0.05, 0.1) is 0 Å². The Kier molecular flexibility index (Phi) is 4.68. The topological polar surface area (TPSA) is 116 Å². The molecule has 1 saturated heterocycles. The number of hydrogen-bond donors (Lipinski definition) is 4. The fourth-order valence-corrected chi connectivity index (χ4v) is 3.29. The number of carbonyl (C=O) groups is 1. The molecule has 8 nitrogen and oxygen atoms in total. The molecule has 5 N–H and O–H groups in total. The predicted molar refractivity (Wildman–Crippen MR) is 88.6 cm³/mol. The number of nitrogens with one attached hydrogen (secondary N) is 2. The summed E-state index contributed by atoms with van der Waals surface area (Å²) < 4.78 is 0. The average molecular weight is 320 g/mol.